The third-order valence-electron chi connectivity index (χ3n) is 6.13. The highest BCUT2D eigenvalue weighted by Gasteiger charge is 2.40. The molecule has 0 spiro atoms. The van der Waals surface area contributed by atoms with Gasteiger partial charge in [0, 0.05) is 42.2 Å². The van der Waals surface area contributed by atoms with Crippen molar-refractivity contribution < 1.29 is 24.0 Å². The molecule has 1 unspecified atom stereocenters. The maximum atomic E-state index is 13.4. The average molecular weight is 436 g/mol. The van der Waals surface area contributed by atoms with Gasteiger partial charge in [0.2, 0.25) is 5.91 Å². The number of aryl methyl sites for hydroxylation is 1. The predicted octanol–water partition coefficient (Wildman–Crippen LogP) is 4.45. The van der Waals surface area contributed by atoms with Crippen molar-refractivity contribution in [3.05, 3.63) is 68.9 Å². The number of amides is 1. The molecule has 0 aromatic heterocycles. The van der Waals surface area contributed by atoms with Gasteiger partial charge in [0.15, 0.2) is 17.3 Å². The van der Waals surface area contributed by atoms with Gasteiger partial charge < -0.3 is 9.47 Å². The molecule has 0 N–H and O–H groups in total. The van der Waals surface area contributed by atoms with Gasteiger partial charge in [-0.2, -0.15) is 0 Å². The molecule has 166 valence electrons. The molecule has 8 nitrogen and oxygen atoms in total. The van der Waals surface area contributed by atoms with Crippen LogP contribution in [0.3, 0.4) is 0 Å². The Labute approximate surface area is 185 Å². The maximum absolute atomic E-state index is 13.4. The highest BCUT2D eigenvalue weighted by atomic mass is 16.6. The molecule has 2 aromatic rings. The number of ether oxygens (including phenoxy) is 2. The minimum absolute atomic E-state index is 0.00613. The molecule has 1 atom stereocenters. The van der Waals surface area contributed by atoms with Crippen LogP contribution in [-0.2, 0) is 9.59 Å². The van der Waals surface area contributed by atoms with E-state index in [0.717, 1.165) is 11.1 Å². The van der Waals surface area contributed by atoms with Crippen molar-refractivity contribution in [2.24, 2.45) is 0 Å². The number of benzene rings is 2. The van der Waals surface area contributed by atoms with Gasteiger partial charge in [-0.05, 0) is 43.0 Å². The number of anilines is 1. The molecule has 8 heteroatoms. The molecule has 4 rings (SSSR count). The van der Waals surface area contributed by atoms with E-state index in [9.17, 15) is 19.7 Å². The third-order valence-corrected chi connectivity index (χ3v) is 6.13. The summed E-state index contributed by atoms with van der Waals surface area (Å²) in [7, 11) is 3.09. The molecule has 0 bridgehead atoms. The molecule has 1 aliphatic heterocycles. The SMILES string of the molecule is COc1ccc(C2CC(=O)N(c3cc([N+](=O)[O-])ccc3C)C3=C2C(=O)CCC3)cc1OC. The minimum atomic E-state index is -0.481. The van der Waals surface area contributed by atoms with Crippen molar-refractivity contribution in [2.45, 2.75) is 38.5 Å². The lowest BCUT2D eigenvalue weighted by Gasteiger charge is -2.39. The zero-order valence-corrected chi connectivity index (χ0v) is 18.2. The zero-order chi connectivity index (χ0) is 23.0. The fourth-order valence-electron chi connectivity index (χ4n) is 4.58. The third kappa shape index (κ3) is 3.62. The first kappa shape index (κ1) is 21.5. The average Bonchev–Trinajstić information content (AvgIpc) is 2.78. The van der Waals surface area contributed by atoms with Gasteiger partial charge in [0.05, 0.1) is 24.8 Å². The molecule has 2 aromatic carbocycles. The molecule has 2 aliphatic rings. The van der Waals surface area contributed by atoms with Gasteiger partial charge >= 0.3 is 0 Å². The number of ketones is 1. The molecule has 32 heavy (non-hydrogen) atoms. The van der Waals surface area contributed by atoms with Gasteiger partial charge in [-0.15, -0.1) is 0 Å². The standard InChI is InChI=1S/C24H24N2O6/c1-14-7-9-16(26(29)30)12-19(14)25-18-5-4-6-20(27)24(18)17(13-23(25)28)15-8-10-21(31-2)22(11-15)32-3/h7-12,17H,4-6,13H2,1-3H3. The van der Waals surface area contributed by atoms with Crippen LogP contribution in [0.1, 0.15) is 42.7 Å². The summed E-state index contributed by atoms with van der Waals surface area (Å²) in [6, 6.07) is 9.88. The molecule has 1 heterocycles. The van der Waals surface area contributed by atoms with Gasteiger partial charge in [-0.3, -0.25) is 24.6 Å². The second-order valence-electron chi connectivity index (χ2n) is 7.97. The van der Waals surface area contributed by atoms with Crippen LogP contribution in [-0.4, -0.2) is 30.8 Å². The number of nitrogens with zero attached hydrogens (tertiary/aromatic N) is 2. The van der Waals surface area contributed by atoms with Gasteiger partial charge in [-0.1, -0.05) is 12.1 Å². The van der Waals surface area contributed by atoms with E-state index >= 15 is 0 Å². The number of hydrogen-bond donors (Lipinski definition) is 0. The quantitative estimate of drug-likeness (QED) is 0.507. The summed E-state index contributed by atoms with van der Waals surface area (Å²) in [6.45, 7) is 1.80. The Balaban J connectivity index is 1.87. The van der Waals surface area contributed by atoms with Crippen molar-refractivity contribution >= 4 is 23.1 Å². The van der Waals surface area contributed by atoms with E-state index in [1.165, 1.54) is 24.1 Å². The Bertz CT molecular complexity index is 1150. The van der Waals surface area contributed by atoms with Crippen molar-refractivity contribution in [2.75, 3.05) is 19.1 Å². The number of non-ortho nitro benzene ring substituents is 1. The Kier molecular flexibility index (Phi) is 5.69. The first-order chi connectivity index (χ1) is 15.3. The van der Waals surface area contributed by atoms with Crippen LogP contribution in [0.4, 0.5) is 11.4 Å². The highest BCUT2D eigenvalue weighted by Crippen LogP contribution is 2.45. The summed E-state index contributed by atoms with van der Waals surface area (Å²) in [5.74, 6) is 0.505. The number of nitro benzene ring substituents is 1. The molecule has 0 saturated carbocycles. The molecule has 0 fully saturated rings. The smallest absolute Gasteiger partial charge is 0.271 e. The topological polar surface area (TPSA) is 99.0 Å². The van der Waals surface area contributed by atoms with E-state index in [1.807, 2.05) is 6.07 Å². The summed E-state index contributed by atoms with van der Waals surface area (Å²) in [5.41, 5.74) is 3.14. The van der Waals surface area contributed by atoms with Crippen LogP contribution in [0, 0.1) is 17.0 Å². The largest absolute Gasteiger partial charge is 0.493 e. The zero-order valence-electron chi connectivity index (χ0n) is 18.2. The van der Waals surface area contributed by atoms with E-state index in [0.29, 0.717) is 47.7 Å². The number of hydrogen-bond acceptors (Lipinski definition) is 6. The number of carbonyl (C=O) groups is 2. The monoisotopic (exact) mass is 436 g/mol. The van der Waals surface area contributed by atoms with Gasteiger partial charge in [-0.25, -0.2) is 0 Å². The van der Waals surface area contributed by atoms with Crippen molar-refractivity contribution in [1.29, 1.82) is 0 Å². The summed E-state index contributed by atoms with van der Waals surface area (Å²) in [4.78, 5) is 38.8. The van der Waals surface area contributed by atoms with E-state index in [1.54, 1.807) is 32.2 Å². The second kappa shape index (κ2) is 8.45. The Morgan fingerprint density at radius 3 is 2.47 bits per heavy atom. The number of Topliss-reactive ketones (excluding diaryl/α,β-unsaturated/α-hetero) is 1. The second-order valence-corrected chi connectivity index (χ2v) is 7.97. The molecular weight excluding hydrogens is 412 g/mol. The Hall–Kier alpha value is -3.68. The van der Waals surface area contributed by atoms with E-state index in [4.69, 9.17) is 9.47 Å². The van der Waals surface area contributed by atoms with Crippen molar-refractivity contribution in [3.8, 4) is 11.5 Å². The molecule has 1 aliphatic carbocycles. The normalized spacial score (nSPS) is 18.5. The fraction of sp³-hybridized carbons (Fsp3) is 0.333. The number of allylic oxidation sites excluding steroid dienone is 2. The maximum Gasteiger partial charge on any atom is 0.271 e. The Morgan fingerprint density at radius 2 is 1.78 bits per heavy atom. The van der Waals surface area contributed by atoms with Crippen molar-refractivity contribution in [1.82, 2.24) is 0 Å². The predicted molar refractivity (Wildman–Crippen MR) is 118 cm³/mol. The summed E-state index contributed by atoms with van der Waals surface area (Å²) >= 11 is 0. The lowest BCUT2D eigenvalue weighted by atomic mass is 9.77. The highest BCUT2D eigenvalue weighted by molar-refractivity contribution is 6.07. The Morgan fingerprint density at radius 1 is 1.03 bits per heavy atom. The lowest BCUT2D eigenvalue weighted by Crippen LogP contribution is -2.40. The first-order valence-corrected chi connectivity index (χ1v) is 10.4. The number of rotatable bonds is 5. The van der Waals surface area contributed by atoms with Gasteiger partial charge in [0.1, 0.15) is 0 Å². The lowest BCUT2D eigenvalue weighted by molar-refractivity contribution is -0.384. The van der Waals surface area contributed by atoms with Crippen LogP contribution in [0.15, 0.2) is 47.7 Å². The van der Waals surface area contributed by atoms with Crippen LogP contribution < -0.4 is 14.4 Å². The fourth-order valence-corrected chi connectivity index (χ4v) is 4.58. The van der Waals surface area contributed by atoms with E-state index in [2.05, 4.69) is 0 Å². The summed E-state index contributed by atoms with van der Waals surface area (Å²) in [6.07, 6.45) is 1.69. The van der Waals surface area contributed by atoms with Crippen LogP contribution in [0.5, 0.6) is 11.5 Å². The number of methoxy groups -OCH3 is 2. The van der Waals surface area contributed by atoms with Crippen molar-refractivity contribution in [3.63, 3.8) is 0 Å². The molecule has 0 saturated heterocycles. The number of nitro groups is 1. The number of carbonyl (C=O) groups excluding carboxylic acids is 2. The van der Waals surface area contributed by atoms with Gasteiger partial charge in [0.25, 0.3) is 5.69 Å². The van der Waals surface area contributed by atoms with E-state index in [-0.39, 0.29) is 23.8 Å². The van der Waals surface area contributed by atoms with Crippen LogP contribution in [0.25, 0.3) is 0 Å². The minimum Gasteiger partial charge on any atom is -0.493 e. The molecule has 0 radical (unpaired) electrons. The molecule has 1 amide bonds. The van der Waals surface area contributed by atoms with Crippen LogP contribution in [0.2, 0.25) is 0 Å². The molecular formula is C24H24N2O6. The summed E-state index contributed by atoms with van der Waals surface area (Å²) < 4.78 is 10.7. The summed E-state index contributed by atoms with van der Waals surface area (Å²) in [5, 5.41) is 11.3. The van der Waals surface area contributed by atoms with E-state index < -0.39 is 10.8 Å². The first-order valence-electron chi connectivity index (χ1n) is 10.4. The van der Waals surface area contributed by atoms with Crippen LogP contribution >= 0.6 is 0 Å².